The maximum atomic E-state index is 13.1. The summed E-state index contributed by atoms with van der Waals surface area (Å²) >= 11 is 7.29. The summed E-state index contributed by atoms with van der Waals surface area (Å²) in [7, 11) is 0. The van der Waals surface area contributed by atoms with Gasteiger partial charge in [0.05, 0.1) is 5.69 Å². The summed E-state index contributed by atoms with van der Waals surface area (Å²) in [4.78, 5) is 16.4. The SMILES string of the molecule is Cc1ccc([C@@H]2SC[C@H]3C(=O)N(c4cc(C)ccc4OC(F)F)C(=S)N32)cc1. The summed E-state index contributed by atoms with van der Waals surface area (Å²) in [5.74, 6) is 0.319. The first kappa shape index (κ1) is 19.1. The van der Waals surface area contributed by atoms with Gasteiger partial charge in [-0.15, -0.1) is 11.8 Å². The van der Waals surface area contributed by atoms with Gasteiger partial charge in [0.2, 0.25) is 0 Å². The van der Waals surface area contributed by atoms with Crippen LogP contribution >= 0.6 is 24.0 Å². The monoisotopic (exact) mass is 420 g/mol. The summed E-state index contributed by atoms with van der Waals surface area (Å²) in [6.07, 6.45) is 0. The molecule has 0 N–H and O–H groups in total. The molecule has 0 unspecified atom stereocenters. The van der Waals surface area contributed by atoms with Crippen LogP contribution in [0.4, 0.5) is 14.5 Å². The van der Waals surface area contributed by atoms with E-state index in [1.54, 1.807) is 23.9 Å². The number of aryl methyl sites for hydroxylation is 2. The molecule has 0 saturated carbocycles. The number of rotatable bonds is 4. The third-order valence-electron chi connectivity index (χ3n) is 4.85. The van der Waals surface area contributed by atoms with Crippen molar-refractivity contribution in [3.63, 3.8) is 0 Å². The second-order valence-electron chi connectivity index (χ2n) is 6.83. The maximum absolute atomic E-state index is 13.1. The highest BCUT2D eigenvalue weighted by atomic mass is 32.2. The molecule has 1 amide bonds. The van der Waals surface area contributed by atoms with E-state index in [1.165, 1.54) is 11.0 Å². The number of anilines is 1. The standard InChI is InChI=1S/C20H18F2N2O2S2/c1-11-3-6-13(7-4-11)18-24-15(10-28-18)17(25)23(20(24)27)14-9-12(2)5-8-16(14)26-19(21)22/h3-9,15,18-19H,10H2,1-2H3/t15-,18-/m0/s1. The average Bonchev–Trinajstić information content (AvgIpc) is 3.18. The first-order valence-electron chi connectivity index (χ1n) is 8.76. The number of nitrogens with zero attached hydrogens (tertiary/aromatic N) is 2. The molecule has 2 aromatic carbocycles. The van der Waals surface area contributed by atoms with E-state index in [2.05, 4.69) is 4.74 Å². The van der Waals surface area contributed by atoms with E-state index in [-0.39, 0.29) is 22.7 Å². The molecule has 4 nitrogen and oxygen atoms in total. The Kier molecular flexibility index (Phi) is 5.01. The van der Waals surface area contributed by atoms with Crippen molar-refractivity contribution in [1.29, 1.82) is 0 Å². The number of thiocarbonyl (C=S) groups is 1. The van der Waals surface area contributed by atoms with Gasteiger partial charge in [-0.05, 0) is 49.3 Å². The molecule has 2 fully saturated rings. The van der Waals surface area contributed by atoms with Crippen LogP contribution in [0.25, 0.3) is 0 Å². The second kappa shape index (κ2) is 7.33. The number of ether oxygens (including phenoxy) is 1. The second-order valence-corrected chi connectivity index (χ2v) is 8.30. The van der Waals surface area contributed by atoms with E-state index in [0.29, 0.717) is 10.9 Å². The van der Waals surface area contributed by atoms with Crippen LogP contribution in [0, 0.1) is 13.8 Å². The molecule has 2 atom stereocenters. The molecule has 146 valence electrons. The van der Waals surface area contributed by atoms with E-state index >= 15 is 0 Å². The Morgan fingerprint density at radius 3 is 2.50 bits per heavy atom. The van der Waals surface area contributed by atoms with Crippen molar-refractivity contribution in [2.75, 3.05) is 10.7 Å². The maximum Gasteiger partial charge on any atom is 0.387 e. The van der Waals surface area contributed by atoms with Crippen LogP contribution in [-0.4, -0.2) is 34.3 Å². The van der Waals surface area contributed by atoms with Gasteiger partial charge in [-0.2, -0.15) is 8.78 Å². The Bertz CT molecular complexity index is 936. The van der Waals surface area contributed by atoms with Crippen LogP contribution in [-0.2, 0) is 4.79 Å². The Hall–Kier alpha value is -2.19. The number of hydrogen-bond acceptors (Lipinski definition) is 4. The molecule has 2 aliphatic rings. The Labute approximate surface area is 171 Å². The van der Waals surface area contributed by atoms with Crippen LogP contribution in [0.5, 0.6) is 5.75 Å². The van der Waals surface area contributed by atoms with Crippen molar-refractivity contribution in [2.45, 2.75) is 31.9 Å². The van der Waals surface area contributed by atoms with Crippen molar-refractivity contribution in [3.8, 4) is 5.75 Å². The lowest BCUT2D eigenvalue weighted by atomic mass is 10.1. The molecule has 0 bridgehead atoms. The van der Waals surface area contributed by atoms with Crippen molar-refractivity contribution in [1.82, 2.24) is 4.90 Å². The number of benzene rings is 2. The smallest absolute Gasteiger partial charge is 0.387 e. The minimum absolute atomic E-state index is 0.0583. The number of fused-ring (bicyclic) bond motifs is 1. The highest BCUT2D eigenvalue weighted by Gasteiger charge is 2.51. The zero-order valence-electron chi connectivity index (χ0n) is 15.3. The largest absolute Gasteiger partial charge is 0.433 e. The quantitative estimate of drug-likeness (QED) is 0.673. The van der Waals surface area contributed by atoms with Crippen molar-refractivity contribution >= 4 is 40.7 Å². The number of amides is 1. The van der Waals surface area contributed by atoms with Crippen molar-refractivity contribution < 1.29 is 18.3 Å². The molecular weight excluding hydrogens is 402 g/mol. The average molecular weight is 421 g/mol. The van der Waals surface area contributed by atoms with E-state index in [9.17, 15) is 13.6 Å². The normalized spacial score (nSPS) is 21.6. The summed E-state index contributed by atoms with van der Waals surface area (Å²) < 4.78 is 30.4. The molecule has 4 rings (SSSR count). The lowest BCUT2D eigenvalue weighted by Gasteiger charge is -2.26. The highest BCUT2D eigenvalue weighted by molar-refractivity contribution is 7.99. The van der Waals surface area contributed by atoms with Gasteiger partial charge in [0.15, 0.2) is 5.11 Å². The lowest BCUT2D eigenvalue weighted by molar-refractivity contribution is -0.119. The van der Waals surface area contributed by atoms with Crippen molar-refractivity contribution in [2.24, 2.45) is 0 Å². The van der Waals surface area contributed by atoms with Gasteiger partial charge in [-0.25, -0.2) is 0 Å². The third-order valence-corrected chi connectivity index (χ3v) is 6.57. The molecule has 2 saturated heterocycles. The van der Waals surface area contributed by atoms with Gasteiger partial charge in [0.25, 0.3) is 5.91 Å². The van der Waals surface area contributed by atoms with Gasteiger partial charge in [-0.3, -0.25) is 9.69 Å². The number of thioether (sulfide) groups is 1. The van der Waals surface area contributed by atoms with E-state index in [0.717, 1.165) is 16.7 Å². The minimum atomic E-state index is -2.98. The zero-order chi connectivity index (χ0) is 20.0. The van der Waals surface area contributed by atoms with Gasteiger partial charge < -0.3 is 9.64 Å². The van der Waals surface area contributed by atoms with E-state index in [1.807, 2.05) is 43.0 Å². The fraction of sp³-hybridized carbons (Fsp3) is 0.300. The number of hydrogen-bond donors (Lipinski definition) is 0. The number of alkyl halides is 2. The summed E-state index contributed by atoms with van der Waals surface area (Å²) in [5.41, 5.74) is 3.29. The molecular formula is C20H18F2N2O2S2. The van der Waals surface area contributed by atoms with Gasteiger partial charge in [0, 0.05) is 5.75 Å². The zero-order valence-corrected chi connectivity index (χ0v) is 16.9. The van der Waals surface area contributed by atoms with Gasteiger partial charge >= 0.3 is 6.61 Å². The molecule has 0 aromatic heterocycles. The van der Waals surface area contributed by atoms with E-state index in [4.69, 9.17) is 12.2 Å². The van der Waals surface area contributed by atoms with E-state index < -0.39 is 12.7 Å². The predicted octanol–water partition coefficient (Wildman–Crippen LogP) is 4.65. The first-order chi connectivity index (χ1) is 13.4. The molecule has 0 radical (unpaired) electrons. The van der Waals surface area contributed by atoms with Gasteiger partial charge in [-0.1, -0.05) is 35.9 Å². The fourth-order valence-electron chi connectivity index (χ4n) is 3.50. The first-order valence-corrected chi connectivity index (χ1v) is 10.2. The molecule has 0 aliphatic carbocycles. The van der Waals surface area contributed by atoms with Crippen LogP contribution < -0.4 is 9.64 Å². The van der Waals surface area contributed by atoms with Crippen LogP contribution in [0.1, 0.15) is 22.1 Å². The minimum Gasteiger partial charge on any atom is -0.433 e. The summed E-state index contributed by atoms with van der Waals surface area (Å²) in [6.45, 7) is 0.858. The summed E-state index contributed by atoms with van der Waals surface area (Å²) in [5, 5.41) is 0.228. The van der Waals surface area contributed by atoms with Crippen LogP contribution in [0.15, 0.2) is 42.5 Å². The molecule has 2 aromatic rings. The molecule has 0 spiro atoms. The number of carbonyl (C=O) groups is 1. The van der Waals surface area contributed by atoms with Crippen LogP contribution in [0.2, 0.25) is 0 Å². The Morgan fingerprint density at radius 1 is 1.14 bits per heavy atom. The summed E-state index contributed by atoms with van der Waals surface area (Å²) in [6, 6.07) is 12.5. The molecule has 8 heteroatoms. The number of carbonyl (C=O) groups excluding carboxylic acids is 1. The molecule has 2 heterocycles. The Morgan fingerprint density at radius 2 is 1.82 bits per heavy atom. The topological polar surface area (TPSA) is 32.8 Å². The molecule has 2 aliphatic heterocycles. The molecule has 28 heavy (non-hydrogen) atoms. The van der Waals surface area contributed by atoms with Crippen molar-refractivity contribution in [3.05, 3.63) is 59.2 Å². The lowest BCUT2D eigenvalue weighted by Crippen LogP contribution is -2.34. The number of halogens is 2. The fourth-order valence-corrected chi connectivity index (χ4v) is 5.41. The highest BCUT2D eigenvalue weighted by Crippen LogP contribution is 2.47. The van der Waals surface area contributed by atoms with Crippen LogP contribution in [0.3, 0.4) is 0 Å². The predicted molar refractivity (Wildman–Crippen MR) is 110 cm³/mol. The third kappa shape index (κ3) is 3.24. The van der Waals surface area contributed by atoms with Gasteiger partial charge in [0.1, 0.15) is 17.2 Å². The Balaban J connectivity index is 1.71.